The first-order valence-corrected chi connectivity index (χ1v) is 6.77. The molecule has 0 saturated heterocycles. The maximum absolute atomic E-state index is 11.9. The Balaban J connectivity index is 1.72. The first-order valence-electron chi connectivity index (χ1n) is 6.77. The fraction of sp³-hybridized carbons (Fsp3) is 0.188. The molecule has 0 aliphatic carbocycles. The number of rotatable bonds is 6. The van der Waals surface area contributed by atoms with E-state index in [-0.39, 0.29) is 5.91 Å². The highest BCUT2D eigenvalue weighted by Crippen LogP contribution is 2.13. The summed E-state index contributed by atoms with van der Waals surface area (Å²) in [7, 11) is 0. The Hall–Kier alpha value is -2.69. The summed E-state index contributed by atoms with van der Waals surface area (Å²) in [4.78, 5) is 11.9. The normalized spacial score (nSPS) is 10.1. The van der Waals surface area contributed by atoms with Gasteiger partial charge in [0.1, 0.15) is 5.75 Å². The summed E-state index contributed by atoms with van der Waals surface area (Å²) in [5, 5.41) is 2.81. The molecule has 0 atom stereocenters. The molecule has 0 radical (unpaired) electrons. The van der Waals surface area contributed by atoms with Crippen LogP contribution in [0.15, 0.2) is 48.5 Å². The van der Waals surface area contributed by atoms with Gasteiger partial charge in [-0.25, -0.2) is 0 Å². The lowest BCUT2D eigenvalue weighted by Crippen LogP contribution is -2.25. The molecule has 0 bridgehead atoms. The van der Waals surface area contributed by atoms with E-state index in [2.05, 4.69) is 5.32 Å². The van der Waals surface area contributed by atoms with E-state index in [9.17, 15) is 4.79 Å². The third-order valence-corrected chi connectivity index (χ3v) is 2.86. The first kappa shape index (κ1) is 14.7. The van der Waals surface area contributed by atoms with E-state index in [1.165, 1.54) is 0 Å². The summed E-state index contributed by atoms with van der Waals surface area (Å²) >= 11 is 0. The Morgan fingerprint density at radius 1 is 1.05 bits per heavy atom. The topological polar surface area (TPSA) is 90.4 Å². The second-order valence-corrected chi connectivity index (χ2v) is 4.66. The number of carbonyl (C=O) groups excluding carboxylic acids is 1. The van der Waals surface area contributed by atoms with Crippen molar-refractivity contribution in [2.24, 2.45) is 0 Å². The maximum Gasteiger partial charge on any atom is 0.251 e. The standard InChI is InChI=1S/C16H19N3O2/c17-13-9-12(10-14(18)11-13)16(20)19-7-4-8-21-15-5-2-1-3-6-15/h1-3,5-6,9-11H,4,7-8,17-18H2,(H,19,20). The molecule has 0 unspecified atom stereocenters. The van der Waals surface area contributed by atoms with Crippen LogP contribution in [-0.2, 0) is 0 Å². The molecule has 21 heavy (non-hydrogen) atoms. The lowest BCUT2D eigenvalue weighted by Gasteiger charge is -2.08. The van der Waals surface area contributed by atoms with Crippen molar-refractivity contribution in [3.63, 3.8) is 0 Å². The Morgan fingerprint density at radius 3 is 2.38 bits per heavy atom. The predicted octanol–water partition coefficient (Wildman–Crippen LogP) is 2.05. The number of para-hydroxylation sites is 1. The van der Waals surface area contributed by atoms with Crippen LogP contribution >= 0.6 is 0 Å². The van der Waals surface area contributed by atoms with E-state index in [4.69, 9.17) is 16.2 Å². The minimum Gasteiger partial charge on any atom is -0.494 e. The van der Waals surface area contributed by atoms with Gasteiger partial charge in [-0.3, -0.25) is 4.79 Å². The molecule has 2 aromatic rings. The van der Waals surface area contributed by atoms with Gasteiger partial charge in [-0.05, 0) is 36.8 Å². The monoisotopic (exact) mass is 285 g/mol. The van der Waals surface area contributed by atoms with Crippen molar-refractivity contribution >= 4 is 17.3 Å². The highest BCUT2D eigenvalue weighted by molar-refractivity contribution is 5.96. The van der Waals surface area contributed by atoms with Gasteiger partial charge in [0, 0.05) is 23.5 Å². The Kier molecular flexibility index (Phi) is 5.04. The van der Waals surface area contributed by atoms with Gasteiger partial charge in [0.15, 0.2) is 0 Å². The van der Waals surface area contributed by atoms with Crippen LogP contribution in [-0.4, -0.2) is 19.1 Å². The van der Waals surface area contributed by atoms with Crippen molar-refractivity contribution in [3.05, 3.63) is 54.1 Å². The minimum absolute atomic E-state index is 0.186. The highest BCUT2D eigenvalue weighted by atomic mass is 16.5. The first-order chi connectivity index (χ1) is 10.1. The van der Waals surface area contributed by atoms with Crippen molar-refractivity contribution in [1.29, 1.82) is 0 Å². The molecule has 110 valence electrons. The summed E-state index contributed by atoms with van der Waals surface area (Å²) < 4.78 is 5.54. The van der Waals surface area contributed by atoms with Gasteiger partial charge in [0.25, 0.3) is 5.91 Å². The van der Waals surface area contributed by atoms with E-state index in [0.29, 0.717) is 30.1 Å². The van der Waals surface area contributed by atoms with Gasteiger partial charge in [0.05, 0.1) is 6.61 Å². The molecular weight excluding hydrogens is 266 g/mol. The zero-order chi connectivity index (χ0) is 15.1. The zero-order valence-electron chi connectivity index (χ0n) is 11.7. The van der Waals surface area contributed by atoms with Crippen LogP contribution in [0.4, 0.5) is 11.4 Å². The van der Waals surface area contributed by atoms with Gasteiger partial charge in [-0.15, -0.1) is 0 Å². The minimum atomic E-state index is -0.186. The molecule has 1 amide bonds. The SMILES string of the molecule is Nc1cc(N)cc(C(=O)NCCCOc2ccccc2)c1. The van der Waals surface area contributed by atoms with E-state index in [0.717, 1.165) is 12.2 Å². The average Bonchev–Trinajstić information content (AvgIpc) is 2.47. The van der Waals surface area contributed by atoms with Crippen LogP contribution in [0.3, 0.4) is 0 Å². The molecular formula is C16H19N3O2. The lowest BCUT2D eigenvalue weighted by molar-refractivity contribution is 0.0951. The van der Waals surface area contributed by atoms with Crippen LogP contribution in [0.25, 0.3) is 0 Å². The molecule has 5 N–H and O–H groups in total. The smallest absolute Gasteiger partial charge is 0.251 e. The van der Waals surface area contributed by atoms with Crippen molar-refractivity contribution < 1.29 is 9.53 Å². The van der Waals surface area contributed by atoms with Gasteiger partial charge < -0.3 is 21.5 Å². The van der Waals surface area contributed by atoms with Crippen molar-refractivity contribution in [2.45, 2.75) is 6.42 Å². The number of nitrogen functional groups attached to an aromatic ring is 2. The number of anilines is 2. The molecule has 2 rings (SSSR count). The molecule has 5 heteroatoms. The van der Waals surface area contributed by atoms with Crippen LogP contribution in [0, 0.1) is 0 Å². The van der Waals surface area contributed by atoms with Gasteiger partial charge in [-0.1, -0.05) is 18.2 Å². The van der Waals surface area contributed by atoms with Crippen LogP contribution < -0.4 is 21.5 Å². The molecule has 0 aliphatic rings. The number of ether oxygens (including phenoxy) is 1. The van der Waals surface area contributed by atoms with Gasteiger partial charge in [-0.2, -0.15) is 0 Å². The number of carbonyl (C=O) groups is 1. The number of benzene rings is 2. The summed E-state index contributed by atoms with van der Waals surface area (Å²) in [6, 6.07) is 14.4. The molecule has 5 nitrogen and oxygen atoms in total. The van der Waals surface area contributed by atoms with Crippen LogP contribution in [0.2, 0.25) is 0 Å². The zero-order valence-corrected chi connectivity index (χ0v) is 11.7. The van der Waals surface area contributed by atoms with Gasteiger partial charge >= 0.3 is 0 Å². The highest BCUT2D eigenvalue weighted by Gasteiger charge is 2.06. The van der Waals surface area contributed by atoms with Gasteiger partial charge in [0.2, 0.25) is 0 Å². The van der Waals surface area contributed by atoms with Crippen molar-refractivity contribution in [3.8, 4) is 5.75 Å². The predicted molar refractivity (Wildman–Crippen MR) is 84.2 cm³/mol. The number of nitrogens with one attached hydrogen (secondary N) is 1. The average molecular weight is 285 g/mol. The number of hydrogen-bond acceptors (Lipinski definition) is 4. The second-order valence-electron chi connectivity index (χ2n) is 4.66. The largest absolute Gasteiger partial charge is 0.494 e. The second kappa shape index (κ2) is 7.19. The van der Waals surface area contributed by atoms with Crippen molar-refractivity contribution in [1.82, 2.24) is 5.32 Å². The summed E-state index contributed by atoms with van der Waals surface area (Å²) in [6.45, 7) is 1.07. The van der Waals surface area contributed by atoms with E-state index in [1.807, 2.05) is 30.3 Å². The summed E-state index contributed by atoms with van der Waals surface area (Å²) in [6.07, 6.45) is 0.721. The third-order valence-electron chi connectivity index (χ3n) is 2.86. The molecule has 0 fully saturated rings. The quantitative estimate of drug-likeness (QED) is 0.559. The molecule has 0 spiro atoms. The molecule has 0 heterocycles. The number of amides is 1. The molecule has 0 saturated carbocycles. The van der Waals surface area contributed by atoms with E-state index < -0.39 is 0 Å². The fourth-order valence-electron chi connectivity index (χ4n) is 1.89. The number of hydrogen-bond donors (Lipinski definition) is 3. The Morgan fingerprint density at radius 2 is 1.71 bits per heavy atom. The molecule has 0 aromatic heterocycles. The van der Waals surface area contributed by atoms with E-state index >= 15 is 0 Å². The van der Waals surface area contributed by atoms with Crippen LogP contribution in [0.5, 0.6) is 5.75 Å². The summed E-state index contributed by atoms with van der Waals surface area (Å²) in [5.41, 5.74) is 12.7. The molecule has 0 aliphatic heterocycles. The molecule has 2 aromatic carbocycles. The summed E-state index contributed by atoms with van der Waals surface area (Å²) in [5.74, 6) is 0.640. The van der Waals surface area contributed by atoms with Crippen molar-refractivity contribution in [2.75, 3.05) is 24.6 Å². The lowest BCUT2D eigenvalue weighted by atomic mass is 10.1. The third kappa shape index (κ3) is 4.72. The fourth-order valence-corrected chi connectivity index (χ4v) is 1.89. The Bertz CT molecular complexity index is 579. The number of nitrogens with two attached hydrogens (primary N) is 2. The Labute approximate surface area is 123 Å². The van der Waals surface area contributed by atoms with Crippen LogP contribution in [0.1, 0.15) is 16.8 Å². The maximum atomic E-state index is 11.9. The van der Waals surface area contributed by atoms with E-state index in [1.54, 1.807) is 18.2 Å².